The summed E-state index contributed by atoms with van der Waals surface area (Å²) in [6.07, 6.45) is 5.11. The Morgan fingerprint density at radius 1 is 1.19 bits per heavy atom. The molecule has 0 saturated carbocycles. The van der Waals surface area contributed by atoms with E-state index in [2.05, 4.69) is 53.9 Å². The summed E-state index contributed by atoms with van der Waals surface area (Å²) in [6.45, 7) is 11.9. The molecule has 5 rings (SSSR count). The summed E-state index contributed by atoms with van der Waals surface area (Å²) in [4.78, 5) is 25.6. The van der Waals surface area contributed by atoms with Crippen molar-refractivity contribution in [1.82, 2.24) is 24.8 Å². The van der Waals surface area contributed by atoms with Gasteiger partial charge in [-0.1, -0.05) is 6.92 Å². The number of morpholine rings is 1. The van der Waals surface area contributed by atoms with Gasteiger partial charge >= 0.3 is 0 Å². The van der Waals surface area contributed by atoms with Gasteiger partial charge in [0.15, 0.2) is 5.88 Å². The molecule has 2 saturated heterocycles. The van der Waals surface area contributed by atoms with Crippen LogP contribution in [0.2, 0.25) is 0 Å². The normalized spacial score (nSPS) is 20.9. The molecule has 1 amide bonds. The van der Waals surface area contributed by atoms with Gasteiger partial charge in [0, 0.05) is 68.0 Å². The molecule has 9 heteroatoms. The van der Waals surface area contributed by atoms with Crippen molar-refractivity contribution in [2.24, 2.45) is 4.99 Å². The molecule has 0 aliphatic carbocycles. The third-order valence-corrected chi connectivity index (χ3v) is 7.90. The van der Waals surface area contributed by atoms with Gasteiger partial charge in [-0.05, 0) is 51.3 Å². The van der Waals surface area contributed by atoms with Gasteiger partial charge in [-0.2, -0.15) is 0 Å². The number of likely N-dealkylation sites (tertiary alicyclic amines) is 1. The van der Waals surface area contributed by atoms with E-state index in [0.29, 0.717) is 55.9 Å². The summed E-state index contributed by atoms with van der Waals surface area (Å²) in [7, 11) is 2.12. The number of aromatic hydroxyl groups is 1. The number of hydrogen-bond donors (Lipinski definition) is 2. The predicted molar refractivity (Wildman–Crippen MR) is 146 cm³/mol. The summed E-state index contributed by atoms with van der Waals surface area (Å²) in [5, 5.41) is 16.3. The Bertz CT molecular complexity index is 1190. The van der Waals surface area contributed by atoms with Gasteiger partial charge in [0.25, 0.3) is 5.91 Å². The van der Waals surface area contributed by atoms with E-state index in [1.165, 1.54) is 0 Å². The second-order valence-electron chi connectivity index (χ2n) is 10.6. The number of piperidine rings is 1. The van der Waals surface area contributed by atoms with Crippen molar-refractivity contribution < 1.29 is 14.6 Å². The van der Waals surface area contributed by atoms with Crippen LogP contribution in [0.25, 0.3) is 10.9 Å². The molecule has 0 spiro atoms. The molecular weight excluding hydrogens is 468 g/mol. The van der Waals surface area contributed by atoms with E-state index in [9.17, 15) is 9.90 Å². The standard InChI is InChI=1S/C28H40N6O3/c1-5-24(29-21-17-31(4)34(18-21)22-8-10-32(11-9-22)19(2)3)26-23-16-20(6-7-25(23)30-27(26)35)28(36)33-12-14-37-15-13-33/h6-7,16,18-19,22,30,35H,5,8-15,17H2,1-4H3. The lowest BCUT2D eigenvalue weighted by Gasteiger charge is -2.40. The molecule has 9 nitrogen and oxygen atoms in total. The first-order valence-corrected chi connectivity index (χ1v) is 13.6. The zero-order valence-electron chi connectivity index (χ0n) is 22.5. The second kappa shape index (κ2) is 10.8. The maximum atomic E-state index is 13.1. The average molecular weight is 509 g/mol. The molecule has 1 aromatic heterocycles. The Hall–Kier alpha value is -2.88. The van der Waals surface area contributed by atoms with Crippen LogP contribution in [0.5, 0.6) is 5.88 Å². The Kier molecular flexibility index (Phi) is 7.55. The Morgan fingerprint density at radius 3 is 2.59 bits per heavy atom. The number of aliphatic imine (C=N–C) groups is 1. The Labute approximate surface area is 219 Å². The molecular formula is C28H40N6O3. The number of H-pyrrole nitrogens is 1. The van der Waals surface area contributed by atoms with Gasteiger partial charge in [-0.15, -0.1) is 0 Å². The highest BCUT2D eigenvalue weighted by Crippen LogP contribution is 2.32. The van der Waals surface area contributed by atoms with Crippen molar-refractivity contribution in [3.05, 3.63) is 41.2 Å². The quantitative estimate of drug-likeness (QED) is 0.582. The topological polar surface area (TPSA) is 87.6 Å². The zero-order valence-corrected chi connectivity index (χ0v) is 22.5. The van der Waals surface area contributed by atoms with Crippen LogP contribution in [0.3, 0.4) is 0 Å². The van der Waals surface area contributed by atoms with E-state index in [4.69, 9.17) is 9.73 Å². The van der Waals surface area contributed by atoms with Crippen LogP contribution in [0.15, 0.2) is 35.1 Å². The maximum Gasteiger partial charge on any atom is 0.254 e. The first-order chi connectivity index (χ1) is 17.9. The van der Waals surface area contributed by atoms with E-state index in [1.807, 2.05) is 23.1 Å². The van der Waals surface area contributed by atoms with Crippen LogP contribution in [0.1, 0.15) is 56.0 Å². The largest absolute Gasteiger partial charge is 0.494 e. The van der Waals surface area contributed by atoms with Gasteiger partial charge in [-0.25, -0.2) is 5.01 Å². The molecule has 3 aliphatic rings. The minimum Gasteiger partial charge on any atom is -0.494 e. The number of fused-ring (bicyclic) bond motifs is 1. The number of ether oxygens (including phenoxy) is 1. The van der Waals surface area contributed by atoms with E-state index in [1.54, 1.807) is 0 Å². The molecule has 0 bridgehead atoms. The summed E-state index contributed by atoms with van der Waals surface area (Å²) in [5.74, 6) is 0.0857. The number of carbonyl (C=O) groups is 1. The van der Waals surface area contributed by atoms with Gasteiger partial charge in [0.2, 0.25) is 0 Å². The predicted octanol–water partition coefficient (Wildman–Crippen LogP) is 3.42. The number of nitrogens with one attached hydrogen (secondary N) is 1. The third-order valence-electron chi connectivity index (χ3n) is 7.90. The Balaban J connectivity index is 1.40. The van der Waals surface area contributed by atoms with Gasteiger partial charge < -0.3 is 29.6 Å². The molecule has 2 aromatic rings. The van der Waals surface area contributed by atoms with Crippen LogP contribution in [-0.2, 0) is 4.74 Å². The average Bonchev–Trinajstić information content (AvgIpc) is 3.45. The number of nitrogens with zero attached hydrogens (tertiary/aromatic N) is 5. The highest BCUT2D eigenvalue weighted by Gasteiger charge is 2.30. The Morgan fingerprint density at radius 2 is 1.92 bits per heavy atom. The number of benzene rings is 1. The highest BCUT2D eigenvalue weighted by molar-refractivity contribution is 6.14. The number of rotatable bonds is 6. The fourth-order valence-electron chi connectivity index (χ4n) is 5.76. The smallest absolute Gasteiger partial charge is 0.254 e. The molecule has 2 N–H and O–H groups in total. The second-order valence-corrected chi connectivity index (χ2v) is 10.6. The van der Waals surface area contributed by atoms with Crippen molar-refractivity contribution in [3.8, 4) is 5.88 Å². The van der Waals surface area contributed by atoms with Crippen molar-refractivity contribution >= 4 is 22.5 Å². The van der Waals surface area contributed by atoms with E-state index in [-0.39, 0.29) is 11.8 Å². The van der Waals surface area contributed by atoms with Gasteiger partial charge in [0.05, 0.1) is 36.7 Å². The molecule has 0 atom stereocenters. The van der Waals surface area contributed by atoms with Crippen LogP contribution >= 0.6 is 0 Å². The fourth-order valence-corrected chi connectivity index (χ4v) is 5.76. The lowest BCUT2D eigenvalue weighted by molar-refractivity contribution is 0.00263. The SMILES string of the molecule is CCC(=NC1=CN(C2CCN(C(C)C)CC2)N(C)C1)c1c(O)[nH]c2ccc(C(=O)N3CCOCC3)cc12. The number of aromatic amines is 1. The van der Waals surface area contributed by atoms with Crippen molar-refractivity contribution in [2.75, 3.05) is 53.0 Å². The first-order valence-electron chi connectivity index (χ1n) is 13.6. The minimum absolute atomic E-state index is 0.00823. The third kappa shape index (κ3) is 5.26. The van der Waals surface area contributed by atoms with Crippen molar-refractivity contribution in [3.63, 3.8) is 0 Å². The minimum atomic E-state index is -0.00823. The van der Waals surface area contributed by atoms with E-state index < -0.39 is 0 Å². The van der Waals surface area contributed by atoms with E-state index in [0.717, 1.165) is 54.8 Å². The molecule has 2 fully saturated rings. The monoisotopic (exact) mass is 508 g/mol. The molecule has 1 aromatic carbocycles. The van der Waals surface area contributed by atoms with Crippen molar-refractivity contribution in [2.45, 2.75) is 52.1 Å². The zero-order chi connectivity index (χ0) is 26.1. The van der Waals surface area contributed by atoms with Crippen LogP contribution in [-0.4, -0.2) is 107 Å². The summed E-state index contributed by atoms with van der Waals surface area (Å²) < 4.78 is 5.39. The first kappa shape index (κ1) is 25.8. The maximum absolute atomic E-state index is 13.1. The number of hydrogen-bond acceptors (Lipinski definition) is 7. The summed E-state index contributed by atoms with van der Waals surface area (Å²) >= 11 is 0. The molecule has 37 heavy (non-hydrogen) atoms. The van der Waals surface area contributed by atoms with Gasteiger partial charge in [-0.3, -0.25) is 9.79 Å². The van der Waals surface area contributed by atoms with Crippen LogP contribution < -0.4 is 0 Å². The fraction of sp³-hybridized carbons (Fsp3) is 0.571. The molecule has 3 aliphatic heterocycles. The number of amides is 1. The van der Waals surface area contributed by atoms with Gasteiger partial charge in [0.1, 0.15) is 0 Å². The van der Waals surface area contributed by atoms with Crippen molar-refractivity contribution in [1.29, 1.82) is 0 Å². The van der Waals surface area contributed by atoms with Crippen LogP contribution in [0.4, 0.5) is 0 Å². The molecule has 0 unspecified atom stereocenters. The van der Waals surface area contributed by atoms with Crippen LogP contribution in [0, 0.1) is 0 Å². The summed E-state index contributed by atoms with van der Waals surface area (Å²) in [5.41, 5.74) is 3.89. The number of carbonyl (C=O) groups excluding carboxylic acids is 1. The molecule has 4 heterocycles. The number of hydrazine groups is 1. The molecule has 200 valence electrons. The van der Waals surface area contributed by atoms with E-state index >= 15 is 0 Å². The lowest BCUT2D eigenvalue weighted by Crippen LogP contribution is -2.48. The number of aromatic nitrogens is 1. The number of likely N-dealkylation sites (N-methyl/N-ethyl adjacent to an activating group) is 1. The summed E-state index contributed by atoms with van der Waals surface area (Å²) in [6, 6.07) is 6.64. The highest BCUT2D eigenvalue weighted by atomic mass is 16.5. The molecule has 0 radical (unpaired) electrons. The lowest BCUT2D eigenvalue weighted by atomic mass is 10.0.